The lowest BCUT2D eigenvalue weighted by atomic mass is 9.83. The highest BCUT2D eigenvalue weighted by molar-refractivity contribution is 7.07. The lowest BCUT2D eigenvalue weighted by molar-refractivity contribution is -0.384. The van der Waals surface area contributed by atoms with Crippen LogP contribution in [0.25, 0.3) is 17.5 Å². The second kappa shape index (κ2) is 9.64. The van der Waals surface area contributed by atoms with Crippen LogP contribution in [0, 0.1) is 24.0 Å². The minimum atomic E-state index is -0.473. The summed E-state index contributed by atoms with van der Waals surface area (Å²) in [5.41, 5.74) is 8.66. The Kier molecular flexibility index (Phi) is 5.90. The van der Waals surface area contributed by atoms with E-state index >= 15 is 0 Å². The molecule has 0 N–H and O–H groups in total. The van der Waals surface area contributed by atoms with Crippen molar-refractivity contribution >= 4 is 28.8 Å². The number of hydrogen-bond donors (Lipinski definition) is 0. The van der Waals surface area contributed by atoms with Crippen LogP contribution in [0.5, 0.6) is 0 Å². The van der Waals surface area contributed by atoms with Crippen LogP contribution in [0.4, 0.5) is 5.69 Å². The van der Waals surface area contributed by atoms with E-state index in [2.05, 4.69) is 27.8 Å². The van der Waals surface area contributed by atoms with Gasteiger partial charge in [0.15, 0.2) is 4.80 Å². The third-order valence-electron chi connectivity index (χ3n) is 7.93. The average molecular weight is 560 g/mol. The molecule has 0 fully saturated rings. The quantitative estimate of drug-likeness (QED) is 0.228. The molecule has 2 aromatic carbocycles. The predicted octanol–water partition coefficient (Wildman–Crippen LogP) is 5.03. The Morgan fingerprint density at radius 2 is 1.90 bits per heavy atom. The summed E-state index contributed by atoms with van der Waals surface area (Å²) in [4.78, 5) is 35.3. The van der Waals surface area contributed by atoms with Gasteiger partial charge in [-0.15, -0.1) is 0 Å². The first-order valence-corrected chi connectivity index (χ1v) is 14.2. The number of nitrogens with zero attached hydrogens (tertiary/aromatic N) is 5. The molecule has 0 saturated heterocycles. The van der Waals surface area contributed by atoms with Gasteiger partial charge in [0.1, 0.15) is 0 Å². The summed E-state index contributed by atoms with van der Waals surface area (Å²) in [5, 5.41) is 11.7. The molecule has 0 radical (unpaired) electrons. The highest BCUT2D eigenvalue weighted by Gasteiger charge is 2.33. The summed E-state index contributed by atoms with van der Waals surface area (Å²) in [7, 11) is 0. The van der Waals surface area contributed by atoms with E-state index < -0.39 is 11.0 Å². The number of hydrogen-bond acceptors (Lipinski definition) is 6. The van der Waals surface area contributed by atoms with Crippen LogP contribution < -0.4 is 14.9 Å². The first-order chi connectivity index (χ1) is 19.9. The Morgan fingerprint density at radius 3 is 2.71 bits per heavy atom. The van der Waals surface area contributed by atoms with Crippen molar-refractivity contribution in [1.82, 2.24) is 14.1 Å². The molecule has 2 aliphatic rings. The van der Waals surface area contributed by atoms with Crippen LogP contribution in [-0.4, -0.2) is 19.0 Å². The molecule has 1 aliphatic carbocycles. The van der Waals surface area contributed by atoms with Crippen LogP contribution >= 0.6 is 11.3 Å². The van der Waals surface area contributed by atoms with Crippen molar-refractivity contribution in [2.75, 3.05) is 0 Å². The molecule has 8 nitrogen and oxygen atoms in total. The number of rotatable bonds is 4. The number of pyridine rings is 1. The third-order valence-corrected chi connectivity index (χ3v) is 8.91. The van der Waals surface area contributed by atoms with Crippen LogP contribution in [0.1, 0.15) is 46.1 Å². The zero-order valence-corrected chi connectivity index (χ0v) is 23.3. The van der Waals surface area contributed by atoms with Crippen molar-refractivity contribution in [3.8, 4) is 5.69 Å². The van der Waals surface area contributed by atoms with Gasteiger partial charge in [0.25, 0.3) is 11.2 Å². The van der Waals surface area contributed by atoms with Crippen molar-refractivity contribution in [3.63, 3.8) is 0 Å². The smallest absolute Gasteiger partial charge is 0.271 e. The lowest BCUT2D eigenvalue weighted by Gasteiger charge is -2.30. The SMILES string of the molecule is Cc1cc(/C=c2\sc3n(c2=O)[C@@H](c2cccc([N+](=O)[O-])c2)C2=C(N=3)c3ccccc3CC2)c(C)n1-c1cccnc1. The summed E-state index contributed by atoms with van der Waals surface area (Å²) < 4.78 is 4.42. The number of aromatic nitrogens is 3. The normalized spacial score (nSPS) is 16.1. The number of nitro groups is 1. The number of allylic oxidation sites excluding steroid dienone is 1. The maximum absolute atomic E-state index is 14.1. The largest absolute Gasteiger partial charge is 0.316 e. The van der Waals surface area contributed by atoms with E-state index in [1.165, 1.54) is 23.0 Å². The Labute approximate surface area is 239 Å². The maximum Gasteiger partial charge on any atom is 0.271 e. The molecule has 1 aliphatic heterocycles. The summed E-state index contributed by atoms with van der Waals surface area (Å²) >= 11 is 1.35. The van der Waals surface area contributed by atoms with Crippen LogP contribution in [-0.2, 0) is 6.42 Å². The average Bonchev–Trinajstić information content (AvgIpc) is 3.45. The fraction of sp³-hybridized carbons (Fsp3) is 0.156. The topological polar surface area (TPSA) is 95.3 Å². The van der Waals surface area contributed by atoms with Gasteiger partial charge in [-0.25, -0.2) is 4.99 Å². The maximum atomic E-state index is 14.1. The summed E-state index contributed by atoms with van der Waals surface area (Å²) in [5.74, 6) is 0. The predicted molar refractivity (Wildman–Crippen MR) is 159 cm³/mol. The molecule has 0 bridgehead atoms. The minimum Gasteiger partial charge on any atom is -0.316 e. The Bertz CT molecular complexity index is 2090. The summed E-state index contributed by atoms with van der Waals surface area (Å²) in [6.45, 7) is 4.07. The molecule has 0 spiro atoms. The molecule has 0 unspecified atom stereocenters. The molecule has 0 amide bonds. The number of aryl methyl sites for hydroxylation is 2. The van der Waals surface area contributed by atoms with E-state index in [0.717, 1.165) is 52.3 Å². The van der Waals surface area contributed by atoms with Gasteiger partial charge in [-0.2, -0.15) is 0 Å². The number of thiazole rings is 1. The van der Waals surface area contributed by atoms with Gasteiger partial charge in [-0.05, 0) is 73.2 Å². The van der Waals surface area contributed by atoms with Crippen molar-refractivity contribution < 1.29 is 4.92 Å². The molecule has 7 rings (SSSR count). The molecular formula is C32H25N5O3S. The molecule has 9 heteroatoms. The van der Waals surface area contributed by atoms with Crippen molar-refractivity contribution in [1.29, 1.82) is 0 Å². The Balaban J connectivity index is 1.46. The van der Waals surface area contributed by atoms with Crippen LogP contribution in [0.15, 0.2) is 94.5 Å². The summed E-state index contributed by atoms with van der Waals surface area (Å²) in [6.07, 6.45) is 7.04. The number of non-ortho nitro benzene ring substituents is 1. The zero-order valence-electron chi connectivity index (χ0n) is 22.4. The fourth-order valence-corrected chi connectivity index (χ4v) is 7.08. The Morgan fingerprint density at radius 1 is 1.05 bits per heavy atom. The standard InChI is InChI=1S/C32H25N5O3S/c1-19-15-23(20(2)35(19)25-10-6-14-33-18-25)17-28-31(38)36-30(22-8-5-9-24(16-22)37(39)40)27-13-12-21-7-3-4-11-26(21)29(27)34-32(36)41-28/h3-11,14-18,30H,12-13H2,1-2H3/b28-17-/t30-/m0/s1. The highest BCUT2D eigenvalue weighted by Crippen LogP contribution is 2.41. The molecule has 41 heavy (non-hydrogen) atoms. The number of nitro benzene ring substituents is 1. The van der Waals surface area contributed by atoms with Gasteiger partial charge in [0.05, 0.1) is 33.1 Å². The highest BCUT2D eigenvalue weighted by atomic mass is 32.1. The fourth-order valence-electron chi connectivity index (χ4n) is 6.09. The minimum absolute atomic E-state index is 0.00262. The summed E-state index contributed by atoms with van der Waals surface area (Å²) in [6, 6.07) is 20.3. The zero-order chi connectivity index (χ0) is 28.2. The van der Waals surface area contributed by atoms with Crippen LogP contribution in [0.3, 0.4) is 0 Å². The molecule has 202 valence electrons. The van der Waals surface area contributed by atoms with Gasteiger partial charge >= 0.3 is 0 Å². The third kappa shape index (κ3) is 4.08. The molecule has 1 atom stereocenters. The first kappa shape index (κ1) is 25.1. The van der Waals surface area contributed by atoms with Gasteiger partial charge in [0, 0.05) is 35.3 Å². The van der Waals surface area contributed by atoms with Gasteiger partial charge in [-0.3, -0.25) is 24.5 Å². The molecule has 3 aromatic heterocycles. The van der Waals surface area contributed by atoms with E-state index in [0.29, 0.717) is 14.9 Å². The van der Waals surface area contributed by atoms with Gasteiger partial charge in [0.2, 0.25) is 0 Å². The van der Waals surface area contributed by atoms with E-state index in [1.54, 1.807) is 22.9 Å². The molecular weight excluding hydrogens is 534 g/mol. The van der Waals surface area contributed by atoms with E-state index in [9.17, 15) is 14.9 Å². The second-order valence-corrected chi connectivity index (χ2v) is 11.3. The monoisotopic (exact) mass is 559 g/mol. The van der Waals surface area contributed by atoms with E-state index in [4.69, 9.17) is 4.99 Å². The lowest BCUT2D eigenvalue weighted by Crippen LogP contribution is -2.38. The second-order valence-electron chi connectivity index (χ2n) is 10.3. The van der Waals surface area contributed by atoms with E-state index in [-0.39, 0.29) is 11.2 Å². The number of benzene rings is 2. The van der Waals surface area contributed by atoms with E-state index in [1.807, 2.05) is 56.5 Å². The van der Waals surface area contributed by atoms with Crippen molar-refractivity contribution in [2.24, 2.45) is 4.99 Å². The molecule has 4 heterocycles. The van der Waals surface area contributed by atoms with Gasteiger partial charge in [-0.1, -0.05) is 47.7 Å². The van der Waals surface area contributed by atoms with Crippen molar-refractivity contribution in [3.05, 3.63) is 148 Å². The number of fused-ring (bicyclic) bond motifs is 3. The van der Waals surface area contributed by atoms with Crippen molar-refractivity contribution in [2.45, 2.75) is 32.7 Å². The molecule has 0 saturated carbocycles. The Hall–Kier alpha value is -4.89. The van der Waals surface area contributed by atoms with Gasteiger partial charge < -0.3 is 4.57 Å². The first-order valence-electron chi connectivity index (χ1n) is 13.4. The van der Waals surface area contributed by atoms with Crippen LogP contribution in [0.2, 0.25) is 0 Å². The molecule has 5 aromatic rings.